The van der Waals surface area contributed by atoms with E-state index in [-0.39, 0.29) is 6.29 Å². The Morgan fingerprint density at radius 3 is 2.48 bits per heavy atom. The molecule has 0 amide bonds. The Morgan fingerprint density at radius 1 is 0.913 bits per heavy atom. The summed E-state index contributed by atoms with van der Waals surface area (Å²) < 4.78 is 23.0. The molecule has 1 aromatic rings. The van der Waals surface area contributed by atoms with E-state index in [0.717, 1.165) is 51.9 Å². The molecule has 0 N–H and O–H groups in total. The number of ether oxygens (including phenoxy) is 4. The monoisotopic (exact) mass is 320 g/mol. The van der Waals surface area contributed by atoms with Crippen LogP contribution in [0, 0.1) is 0 Å². The van der Waals surface area contributed by atoms with E-state index < -0.39 is 0 Å². The van der Waals surface area contributed by atoms with Crippen LogP contribution in [0.1, 0.15) is 44.1 Å². The molecule has 1 saturated heterocycles. The van der Waals surface area contributed by atoms with Crippen molar-refractivity contribution in [3.63, 3.8) is 0 Å². The maximum Gasteiger partial charge on any atom is 0.157 e. The van der Waals surface area contributed by atoms with Gasteiger partial charge in [-0.05, 0) is 44.1 Å². The number of hydrogen-bond donors (Lipinski definition) is 0. The molecule has 0 radical (unpaired) electrons. The summed E-state index contributed by atoms with van der Waals surface area (Å²) in [5.41, 5.74) is 1.24. The van der Waals surface area contributed by atoms with E-state index in [0.29, 0.717) is 18.8 Å². The molecular weight excluding hydrogens is 292 g/mol. The zero-order chi connectivity index (χ0) is 15.7. The van der Waals surface area contributed by atoms with E-state index in [1.54, 1.807) is 0 Å². The standard InChI is InChI=1S/C19H28O4/c1-2-7-16(8-3-1)15-23-18-13-17(14-18)20-11-6-12-22-19-9-4-5-10-21-19/h1-3,7-8,17-19H,4-6,9-15H2. The SMILES string of the molecule is c1ccc(COC2CC(OCCCOC3CCCCO3)C2)cc1. The van der Waals surface area contributed by atoms with E-state index in [1.165, 1.54) is 12.0 Å². The quantitative estimate of drug-likeness (QED) is 0.650. The third-order valence-electron chi connectivity index (χ3n) is 4.46. The average Bonchev–Trinajstić information content (AvgIpc) is 2.57. The molecule has 1 aliphatic carbocycles. The van der Waals surface area contributed by atoms with Gasteiger partial charge in [0.15, 0.2) is 6.29 Å². The second-order valence-electron chi connectivity index (χ2n) is 6.40. The third-order valence-corrected chi connectivity index (χ3v) is 4.46. The highest BCUT2D eigenvalue weighted by Gasteiger charge is 2.30. The van der Waals surface area contributed by atoms with Gasteiger partial charge in [0.25, 0.3) is 0 Å². The van der Waals surface area contributed by atoms with Crippen LogP contribution in [0.15, 0.2) is 30.3 Å². The summed E-state index contributed by atoms with van der Waals surface area (Å²) in [5.74, 6) is 0. The van der Waals surface area contributed by atoms with E-state index in [9.17, 15) is 0 Å². The van der Waals surface area contributed by atoms with Crippen LogP contribution in [0.25, 0.3) is 0 Å². The van der Waals surface area contributed by atoms with Gasteiger partial charge < -0.3 is 18.9 Å². The molecule has 1 saturated carbocycles. The predicted molar refractivity (Wildman–Crippen MR) is 88.2 cm³/mol. The van der Waals surface area contributed by atoms with Crippen LogP contribution < -0.4 is 0 Å². The van der Waals surface area contributed by atoms with E-state index in [4.69, 9.17) is 18.9 Å². The Labute approximate surface area is 139 Å². The highest BCUT2D eigenvalue weighted by Crippen LogP contribution is 2.27. The lowest BCUT2D eigenvalue weighted by Gasteiger charge is -2.35. The van der Waals surface area contributed by atoms with Gasteiger partial charge >= 0.3 is 0 Å². The third kappa shape index (κ3) is 5.88. The minimum atomic E-state index is 0.0169. The number of benzene rings is 1. The van der Waals surface area contributed by atoms with Crippen LogP contribution in [0.2, 0.25) is 0 Å². The minimum Gasteiger partial charge on any atom is -0.378 e. The van der Waals surface area contributed by atoms with Crippen molar-refractivity contribution in [3.8, 4) is 0 Å². The summed E-state index contributed by atoms with van der Waals surface area (Å²) in [7, 11) is 0. The summed E-state index contributed by atoms with van der Waals surface area (Å²) in [6.07, 6.45) is 7.11. The van der Waals surface area contributed by atoms with E-state index >= 15 is 0 Å². The normalized spacial score (nSPS) is 27.6. The summed E-state index contributed by atoms with van der Waals surface area (Å²) in [6, 6.07) is 10.3. The van der Waals surface area contributed by atoms with Crippen LogP contribution in [0.3, 0.4) is 0 Å². The van der Waals surface area contributed by atoms with E-state index in [2.05, 4.69) is 12.1 Å². The number of rotatable bonds is 9. The second kappa shape index (κ2) is 9.38. The average molecular weight is 320 g/mol. The highest BCUT2D eigenvalue weighted by molar-refractivity contribution is 5.13. The molecule has 2 aliphatic rings. The van der Waals surface area contributed by atoms with Gasteiger partial charge in [0.2, 0.25) is 0 Å². The van der Waals surface area contributed by atoms with Gasteiger partial charge in [0, 0.05) is 13.2 Å². The Kier molecular flexibility index (Phi) is 6.89. The van der Waals surface area contributed by atoms with Crippen molar-refractivity contribution < 1.29 is 18.9 Å². The fourth-order valence-corrected chi connectivity index (χ4v) is 2.94. The summed E-state index contributed by atoms with van der Waals surface area (Å²) in [4.78, 5) is 0. The van der Waals surface area contributed by atoms with Crippen LogP contribution in [-0.4, -0.2) is 38.3 Å². The molecule has 0 aromatic heterocycles. The molecule has 1 heterocycles. The van der Waals surface area contributed by atoms with Crippen molar-refractivity contribution in [2.45, 2.75) is 63.6 Å². The molecule has 0 bridgehead atoms. The first-order chi connectivity index (χ1) is 11.4. The first kappa shape index (κ1) is 16.9. The van der Waals surface area contributed by atoms with Crippen molar-refractivity contribution in [1.82, 2.24) is 0 Å². The lowest BCUT2D eigenvalue weighted by molar-refractivity contribution is -0.166. The van der Waals surface area contributed by atoms with Gasteiger partial charge in [-0.2, -0.15) is 0 Å². The lowest BCUT2D eigenvalue weighted by Crippen LogP contribution is -2.37. The molecular formula is C19H28O4. The van der Waals surface area contributed by atoms with Crippen LogP contribution in [0.4, 0.5) is 0 Å². The fourth-order valence-electron chi connectivity index (χ4n) is 2.94. The molecule has 4 heteroatoms. The van der Waals surface area contributed by atoms with E-state index in [1.807, 2.05) is 18.2 Å². The second-order valence-corrected chi connectivity index (χ2v) is 6.40. The smallest absolute Gasteiger partial charge is 0.157 e. The Bertz CT molecular complexity index is 424. The van der Waals surface area contributed by atoms with Gasteiger partial charge in [-0.1, -0.05) is 30.3 Å². The van der Waals surface area contributed by atoms with Gasteiger partial charge in [-0.15, -0.1) is 0 Å². The molecule has 2 fully saturated rings. The van der Waals surface area contributed by atoms with Crippen molar-refractivity contribution in [3.05, 3.63) is 35.9 Å². The zero-order valence-corrected chi connectivity index (χ0v) is 13.8. The summed E-state index contributed by atoms with van der Waals surface area (Å²) >= 11 is 0. The van der Waals surface area contributed by atoms with Crippen molar-refractivity contribution in [1.29, 1.82) is 0 Å². The molecule has 1 unspecified atom stereocenters. The zero-order valence-electron chi connectivity index (χ0n) is 13.8. The van der Waals surface area contributed by atoms with Crippen molar-refractivity contribution in [2.24, 2.45) is 0 Å². The minimum absolute atomic E-state index is 0.0169. The lowest BCUT2D eigenvalue weighted by atomic mass is 9.92. The van der Waals surface area contributed by atoms with Crippen molar-refractivity contribution >= 4 is 0 Å². The highest BCUT2D eigenvalue weighted by atomic mass is 16.7. The molecule has 23 heavy (non-hydrogen) atoms. The topological polar surface area (TPSA) is 36.9 Å². The van der Waals surface area contributed by atoms with Gasteiger partial charge in [0.1, 0.15) is 0 Å². The molecule has 3 rings (SSSR count). The molecule has 1 aromatic carbocycles. The Morgan fingerprint density at radius 2 is 1.70 bits per heavy atom. The molecule has 0 spiro atoms. The van der Waals surface area contributed by atoms with Crippen LogP contribution in [0.5, 0.6) is 0 Å². The first-order valence-corrected chi connectivity index (χ1v) is 8.90. The maximum atomic E-state index is 5.88. The largest absolute Gasteiger partial charge is 0.378 e. The summed E-state index contributed by atoms with van der Waals surface area (Å²) in [5, 5.41) is 0. The van der Waals surface area contributed by atoms with Crippen LogP contribution in [-0.2, 0) is 25.6 Å². The van der Waals surface area contributed by atoms with Crippen molar-refractivity contribution in [2.75, 3.05) is 19.8 Å². The molecule has 4 nitrogen and oxygen atoms in total. The predicted octanol–water partition coefficient (Wildman–Crippen LogP) is 3.68. The fraction of sp³-hybridized carbons (Fsp3) is 0.684. The Hall–Kier alpha value is -0.940. The van der Waals surface area contributed by atoms with Gasteiger partial charge in [0.05, 0.1) is 25.4 Å². The first-order valence-electron chi connectivity index (χ1n) is 8.90. The van der Waals surface area contributed by atoms with Gasteiger partial charge in [-0.3, -0.25) is 0 Å². The molecule has 1 atom stereocenters. The summed E-state index contributed by atoms with van der Waals surface area (Å²) in [6.45, 7) is 3.04. The Balaban J connectivity index is 1.16. The molecule has 1 aliphatic heterocycles. The van der Waals surface area contributed by atoms with Crippen LogP contribution >= 0.6 is 0 Å². The van der Waals surface area contributed by atoms with Gasteiger partial charge in [-0.25, -0.2) is 0 Å². The maximum absolute atomic E-state index is 5.88. The number of hydrogen-bond acceptors (Lipinski definition) is 4. The molecule has 128 valence electrons.